The Labute approximate surface area is 123 Å². The monoisotopic (exact) mass is 292 g/mol. The number of ether oxygens (including phenoxy) is 1. The smallest absolute Gasteiger partial charge is 0.337 e. The van der Waals surface area contributed by atoms with Crippen LogP contribution < -0.4 is 5.32 Å². The van der Waals surface area contributed by atoms with Crippen LogP contribution in [0.5, 0.6) is 0 Å². The third-order valence-electron chi connectivity index (χ3n) is 3.42. The summed E-state index contributed by atoms with van der Waals surface area (Å²) in [4.78, 5) is 25.3. The summed E-state index contributed by atoms with van der Waals surface area (Å²) in [5, 5.41) is 12.3. The number of esters is 1. The van der Waals surface area contributed by atoms with Gasteiger partial charge in [-0.1, -0.05) is 6.07 Å². The van der Waals surface area contributed by atoms with E-state index in [-0.39, 0.29) is 18.6 Å². The summed E-state index contributed by atoms with van der Waals surface area (Å²) in [6.07, 6.45) is 1.33. The molecule has 2 N–H and O–H groups in total. The number of hydrogen-bond acceptors (Lipinski definition) is 5. The van der Waals surface area contributed by atoms with Gasteiger partial charge in [-0.2, -0.15) is 0 Å². The number of nitrogens with zero attached hydrogens (tertiary/aromatic N) is 1. The molecule has 0 saturated carbocycles. The standard InChI is InChI=1S/C15H20N2O4/c1-21-15(20)11-4-2-5-12(8-11)16-14(19)10-17-7-3-6-13(18)9-17/h2,4-5,8,13,18H,3,6-7,9-10H2,1H3,(H,16,19). The van der Waals surface area contributed by atoms with Gasteiger partial charge in [-0.05, 0) is 37.6 Å². The molecule has 1 aromatic rings. The van der Waals surface area contributed by atoms with Crippen LogP contribution in [0.3, 0.4) is 0 Å². The number of carbonyl (C=O) groups is 2. The third kappa shape index (κ3) is 4.54. The second-order valence-corrected chi connectivity index (χ2v) is 5.15. The molecule has 1 heterocycles. The fraction of sp³-hybridized carbons (Fsp3) is 0.467. The molecule has 6 heteroatoms. The van der Waals surface area contributed by atoms with E-state index in [1.54, 1.807) is 24.3 Å². The van der Waals surface area contributed by atoms with E-state index in [0.717, 1.165) is 19.4 Å². The first-order valence-corrected chi connectivity index (χ1v) is 6.97. The van der Waals surface area contributed by atoms with E-state index in [2.05, 4.69) is 10.1 Å². The summed E-state index contributed by atoms with van der Waals surface area (Å²) in [6, 6.07) is 6.61. The number of nitrogens with one attached hydrogen (secondary N) is 1. The number of piperidine rings is 1. The van der Waals surface area contributed by atoms with E-state index in [4.69, 9.17) is 0 Å². The highest BCUT2D eigenvalue weighted by molar-refractivity contribution is 5.95. The fourth-order valence-electron chi connectivity index (χ4n) is 2.42. The van der Waals surface area contributed by atoms with Crippen molar-refractivity contribution in [2.24, 2.45) is 0 Å². The predicted octanol–water partition coefficient (Wildman–Crippen LogP) is 0.868. The van der Waals surface area contributed by atoms with Gasteiger partial charge in [0.25, 0.3) is 0 Å². The van der Waals surface area contributed by atoms with E-state index >= 15 is 0 Å². The molecule has 1 atom stereocenters. The van der Waals surface area contributed by atoms with Crippen molar-refractivity contribution in [1.82, 2.24) is 4.90 Å². The molecule has 6 nitrogen and oxygen atoms in total. The van der Waals surface area contributed by atoms with Crippen molar-refractivity contribution in [1.29, 1.82) is 0 Å². The molecule has 2 rings (SSSR count). The van der Waals surface area contributed by atoms with Crippen LogP contribution >= 0.6 is 0 Å². The summed E-state index contributed by atoms with van der Waals surface area (Å²) >= 11 is 0. The Kier molecular flexibility index (Phi) is 5.30. The van der Waals surface area contributed by atoms with Crippen LogP contribution in [0.2, 0.25) is 0 Å². The Hall–Kier alpha value is -1.92. The second-order valence-electron chi connectivity index (χ2n) is 5.15. The van der Waals surface area contributed by atoms with Gasteiger partial charge in [0.05, 0.1) is 25.3 Å². The highest BCUT2D eigenvalue weighted by Gasteiger charge is 2.19. The predicted molar refractivity (Wildman–Crippen MR) is 78.1 cm³/mol. The minimum Gasteiger partial charge on any atom is -0.465 e. The number of carbonyl (C=O) groups excluding carboxylic acids is 2. The first-order valence-electron chi connectivity index (χ1n) is 6.97. The van der Waals surface area contributed by atoms with Crippen molar-refractivity contribution in [3.05, 3.63) is 29.8 Å². The van der Waals surface area contributed by atoms with E-state index in [0.29, 0.717) is 17.8 Å². The Morgan fingerprint density at radius 2 is 2.29 bits per heavy atom. The zero-order valence-corrected chi connectivity index (χ0v) is 12.0. The van der Waals surface area contributed by atoms with Crippen LogP contribution in [0.15, 0.2) is 24.3 Å². The summed E-state index contributed by atoms with van der Waals surface area (Å²) in [5.74, 6) is -0.601. The number of hydrogen-bond donors (Lipinski definition) is 2. The molecule has 114 valence electrons. The van der Waals surface area contributed by atoms with Gasteiger partial charge in [-0.25, -0.2) is 4.79 Å². The molecular formula is C15H20N2O4. The quantitative estimate of drug-likeness (QED) is 0.805. The number of anilines is 1. The van der Waals surface area contributed by atoms with Crippen molar-refractivity contribution in [2.45, 2.75) is 18.9 Å². The Morgan fingerprint density at radius 1 is 1.48 bits per heavy atom. The van der Waals surface area contributed by atoms with Crippen molar-refractivity contribution in [2.75, 3.05) is 32.1 Å². The molecule has 0 spiro atoms. The van der Waals surface area contributed by atoms with Crippen LogP contribution in [-0.2, 0) is 9.53 Å². The molecule has 1 aromatic carbocycles. The second kappa shape index (κ2) is 7.19. The molecule has 0 bridgehead atoms. The van der Waals surface area contributed by atoms with Crippen molar-refractivity contribution >= 4 is 17.6 Å². The van der Waals surface area contributed by atoms with Gasteiger partial charge in [-0.3, -0.25) is 9.69 Å². The summed E-state index contributed by atoms with van der Waals surface area (Å²) in [6.45, 7) is 1.57. The fourth-order valence-corrected chi connectivity index (χ4v) is 2.42. The number of benzene rings is 1. The van der Waals surface area contributed by atoms with Gasteiger partial charge in [0.15, 0.2) is 0 Å². The SMILES string of the molecule is COC(=O)c1cccc(NC(=O)CN2CCCC(O)C2)c1. The van der Waals surface area contributed by atoms with E-state index in [1.807, 2.05) is 4.90 Å². The number of aliphatic hydroxyl groups excluding tert-OH is 1. The molecule has 1 amide bonds. The normalized spacial score (nSPS) is 19.0. The summed E-state index contributed by atoms with van der Waals surface area (Å²) in [7, 11) is 1.31. The Balaban J connectivity index is 1.91. The van der Waals surface area contributed by atoms with E-state index < -0.39 is 5.97 Å². The molecular weight excluding hydrogens is 272 g/mol. The molecule has 1 aliphatic heterocycles. The zero-order valence-electron chi connectivity index (χ0n) is 12.0. The molecule has 1 unspecified atom stereocenters. The highest BCUT2D eigenvalue weighted by Crippen LogP contribution is 2.13. The number of aliphatic hydroxyl groups is 1. The lowest BCUT2D eigenvalue weighted by molar-refractivity contribution is -0.118. The minimum absolute atomic E-state index is 0.161. The Morgan fingerprint density at radius 3 is 3.00 bits per heavy atom. The van der Waals surface area contributed by atoms with Gasteiger partial charge in [-0.15, -0.1) is 0 Å². The van der Waals surface area contributed by atoms with Crippen LogP contribution in [0.1, 0.15) is 23.2 Å². The molecule has 1 saturated heterocycles. The lowest BCUT2D eigenvalue weighted by Crippen LogP contribution is -2.42. The highest BCUT2D eigenvalue weighted by atomic mass is 16.5. The molecule has 1 aliphatic rings. The maximum Gasteiger partial charge on any atom is 0.337 e. The maximum atomic E-state index is 12.0. The maximum absolute atomic E-state index is 12.0. The van der Waals surface area contributed by atoms with Gasteiger partial charge in [0.1, 0.15) is 0 Å². The average molecular weight is 292 g/mol. The van der Waals surface area contributed by atoms with E-state index in [1.165, 1.54) is 7.11 Å². The van der Waals surface area contributed by atoms with Crippen LogP contribution in [-0.4, -0.2) is 54.7 Å². The minimum atomic E-state index is -0.440. The number of likely N-dealkylation sites (tertiary alicyclic amines) is 1. The average Bonchev–Trinajstić information content (AvgIpc) is 2.46. The number of β-amino-alcohol motifs (C(OH)–C–C–N with tert-alkyl or cyclic N) is 1. The van der Waals surface area contributed by atoms with Gasteiger partial charge >= 0.3 is 5.97 Å². The summed E-state index contributed by atoms with van der Waals surface area (Å²) < 4.78 is 4.64. The lowest BCUT2D eigenvalue weighted by Gasteiger charge is -2.29. The van der Waals surface area contributed by atoms with Crippen LogP contribution in [0.4, 0.5) is 5.69 Å². The largest absolute Gasteiger partial charge is 0.465 e. The lowest BCUT2D eigenvalue weighted by atomic mass is 10.1. The zero-order chi connectivity index (χ0) is 15.2. The van der Waals surface area contributed by atoms with Crippen LogP contribution in [0.25, 0.3) is 0 Å². The molecule has 0 aliphatic carbocycles. The van der Waals surface area contributed by atoms with Gasteiger partial charge in [0, 0.05) is 12.2 Å². The number of methoxy groups -OCH3 is 1. The number of rotatable bonds is 4. The van der Waals surface area contributed by atoms with Crippen molar-refractivity contribution in [3.8, 4) is 0 Å². The molecule has 0 radical (unpaired) electrons. The third-order valence-corrected chi connectivity index (χ3v) is 3.42. The van der Waals surface area contributed by atoms with Crippen LogP contribution in [0, 0.1) is 0 Å². The van der Waals surface area contributed by atoms with Crippen molar-refractivity contribution < 1.29 is 19.4 Å². The van der Waals surface area contributed by atoms with E-state index in [9.17, 15) is 14.7 Å². The first kappa shape index (κ1) is 15.5. The van der Waals surface area contributed by atoms with Crippen molar-refractivity contribution in [3.63, 3.8) is 0 Å². The molecule has 1 fully saturated rings. The topological polar surface area (TPSA) is 78.9 Å². The van der Waals surface area contributed by atoms with Gasteiger partial charge in [0.2, 0.25) is 5.91 Å². The summed E-state index contributed by atoms with van der Waals surface area (Å²) in [5.41, 5.74) is 0.948. The van der Waals surface area contributed by atoms with Gasteiger partial charge < -0.3 is 15.2 Å². The first-order chi connectivity index (χ1) is 10.1. The molecule has 21 heavy (non-hydrogen) atoms. The molecule has 0 aromatic heterocycles. The Bertz CT molecular complexity index is 518. The number of amides is 1.